The third-order valence-electron chi connectivity index (χ3n) is 3.13. The number of carbonyl (C=O) groups excluding carboxylic acids is 1. The van der Waals surface area contributed by atoms with Crippen LogP contribution in [0.1, 0.15) is 0 Å². The number of hydrogen-bond acceptors (Lipinski definition) is 7. The van der Waals surface area contributed by atoms with E-state index in [1.165, 1.54) is 23.1 Å². The van der Waals surface area contributed by atoms with Gasteiger partial charge in [-0.2, -0.15) is 0 Å². The normalized spacial score (nSPS) is 14.7. The fraction of sp³-hybridized carbons (Fsp3) is 0.357. The monoisotopic (exact) mass is 370 g/mol. The third kappa shape index (κ3) is 4.81. The molecule has 0 aliphatic carbocycles. The second-order valence-electron chi connectivity index (χ2n) is 4.79. The van der Waals surface area contributed by atoms with E-state index in [-0.39, 0.29) is 5.91 Å². The molecule has 1 amide bonds. The predicted molar refractivity (Wildman–Crippen MR) is 93.7 cm³/mol. The lowest BCUT2D eigenvalue weighted by atomic mass is 10.3. The minimum atomic E-state index is -0.0829. The summed E-state index contributed by atoms with van der Waals surface area (Å²) in [4.78, 5) is 14.1. The van der Waals surface area contributed by atoms with Crippen LogP contribution in [0.5, 0.6) is 0 Å². The Labute approximate surface area is 147 Å². The number of rotatable bonds is 5. The fourth-order valence-electron chi connectivity index (χ4n) is 2.00. The first-order valence-corrected chi connectivity index (χ1v) is 9.23. The number of halogens is 1. The summed E-state index contributed by atoms with van der Waals surface area (Å²) in [7, 11) is 0. The third-order valence-corrected chi connectivity index (χ3v) is 5.50. The number of benzene rings is 1. The van der Waals surface area contributed by atoms with Crippen molar-refractivity contribution in [2.75, 3.05) is 42.3 Å². The van der Waals surface area contributed by atoms with Crippen LogP contribution in [0.15, 0.2) is 28.6 Å². The maximum absolute atomic E-state index is 11.9. The lowest BCUT2D eigenvalue weighted by Crippen LogP contribution is -2.36. The second kappa shape index (κ2) is 7.96. The molecule has 0 atom stereocenters. The number of ether oxygens (including phenoxy) is 1. The first kappa shape index (κ1) is 16.5. The van der Waals surface area contributed by atoms with E-state index in [2.05, 4.69) is 20.4 Å². The average Bonchev–Trinajstić information content (AvgIpc) is 3.05. The van der Waals surface area contributed by atoms with Gasteiger partial charge in [-0.05, 0) is 24.3 Å². The van der Waals surface area contributed by atoms with E-state index in [0.29, 0.717) is 24.0 Å². The topological polar surface area (TPSA) is 67.4 Å². The Morgan fingerprint density at radius 2 is 2.04 bits per heavy atom. The van der Waals surface area contributed by atoms with Crippen molar-refractivity contribution in [1.82, 2.24) is 10.2 Å². The van der Waals surface area contributed by atoms with Crippen LogP contribution < -0.4 is 10.2 Å². The van der Waals surface area contributed by atoms with Crippen molar-refractivity contribution in [3.05, 3.63) is 29.3 Å². The molecule has 0 spiro atoms. The van der Waals surface area contributed by atoms with Gasteiger partial charge in [-0.15, -0.1) is 10.2 Å². The molecule has 3 rings (SSSR count). The van der Waals surface area contributed by atoms with Crippen LogP contribution in [0.3, 0.4) is 0 Å². The molecule has 1 N–H and O–H groups in total. The standard InChI is InChI=1S/C14H15ClN4O2S2/c15-10-1-3-11(4-2-10)16-12(20)9-22-14-18-17-13(23-14)19-5-7-21-8-6-19/h1-4H,5-9H2,(H,16,20). The molecule has 0 saturated carbocycles. The molecule has 6 nitrogen and oxygen atoms in total. The average molecular weight is 371 g/mol. The van der Waals surface area contributed by atoms with E-state index in [4.69, 9.17) is 16.3 Å². The second-order valence-corrected chi connectivity index (χ2v) is 7.41. The van der Waals surface area contributed by atoms with Crippen LogP contribution in [-0.2, 0) is 9.53 Å². The summed E-state index contributed by atoms with van der Waals surface area (Å²) in [5, 5.41) is 12.7. The molecule has 1 aliphatic rings. The highest BCUT2D eigenvalue weighted by molar-refractivity contribution is 8.01. The fourth-order valence-corrected chi connectivity index (χ4v) is 3.82. The number of thioether (sulfide) groups is 1. The SMILES string of the molecule is O=C(CSc1nnc(N2CCOCC2)s1)Nc1ccc(Cl)cc1. The first-order chi connectivity index (χ1) is 11.2. The van der Waals surface area contributed by atoms with Gasteiger partial charge in [-0.25, -0.2) is 0 Å². The molecule has 1 aromatic carbocycles. The van der Waals surface area contributed by atoms with Gasteiger partial charge < -0.3 is 15.0 Å². The van der Waals surface area contributed by atoms with E-state index in [1.54, 1.807) is 24.3 Å². The number of amides is 1. The van der Waals surface area contributed by atoms with Crippen LogP contribution in [-0.4, -0.2) is 48.2 Å². The van der Waals surface area contributed by atoms with Gasteiger partial charge in [0.1, 0.15) is 0 Å². The van der Waals surface area contributed by atoms with E-state index in [0.717, 1.165) is 28.2 Å². The Morgan fingerprint density at radius 3 is 2.78 bits per heavy atom. The lowest BCUT2D eigenvalue weighted by Gasteiger charge is -2.25. The Balaban J connectivity index is 1.49. The maximum atomic E-state index is 11.9. The van der Waals surface area contributed by atoms with Crippen LogP contribution >= 0.6 is 34.7 Å². The van der Waals surface area contributed by atoms with E-state index in [9.17, 15) is 4.79 Å². The van der Waals surface area contributed by atoms with Crippen LogP contribution in [0, 0.1) is 0 Å². The quantitative estimate of drug-likeness (QED) is 0.816. The zero-order valence-electron chi connectivity index (χ0n) is 12.2. The minimum absolute atomic E-state index is 0.0829. The van der Waals surface area contributed by atoms with Gasteiger partial charge in [0.15, 0.2) is 4.34 Å². The van der Waals surface area contributed by atoms with Gasteiger partial charge in [0, 0.05) is 23.8 Å². The summed E-state index contributed by atoms with van der Waals surface area (Å²) in [6, 6.07) is 7.02. The molecule has 2 aromatic rings. The summed E-state index contributed by atoms with van der Waals surface area (Å²) in [6.07, 6.45) is 0. The number of anilines is 2. The van der Waals surface area contributed by atoms with Crippen LogP contribution in [0.4, 0.5) is 10.8 Å². The Morgan fingerprint density at radius 1 is 1.30 bits per heavy atom. The Bertz CT molecular complexity index is 659. The molecule has 1 fully saturated rings. The zero-order chi connectivity index (χ0) is 16.1. The molecular weight excluding hydrogens is 356 g/mol. The maximum Gasteiger partial charge on any atom is 0.234 e. The molecule has 1 saturated heterocycles. The van der Waals surface area contributed by atoms with E-state index >= 15 is 0 Å². The highest BCUT2D eigenvalue weighted by Crippen LogP contribution is 2.28. The van der Waals surface area contributed by atoms with Gasteiger partial charge in [-0.3, -0.25) is 4.79 Å². The number of carbonyl (C=O) groups is 1. The number of morpholine rings is 1. The molecular formula is C14H15ClN4O2S2. The molecule has 0 bridgehead atoms. The van der Waals surface area contributed by atoms with Gasteiger partial charge in [0.25, 0.3) is 0 Å². The van der Waals surface area contributed by atoms with Gasteiger partial charge in [0.05, 0.1) is 19.0 Å². The Kier molecular flexibility index (Phi) is 5.71. The molecule has 122 valence electrons. The van der Waals surface area contributed by atoms with Crippen molar-refractivity contribution in [2.24, 2.45) is 0 Å². The largest absolute Gasteiger partial charge is 0.378 e. The smallest absolute Gasteiger partial charge is 0.234 e. The number of nitrogens with one attached hydrogen (secondary N) is 1. The number of nitrogens with zero attached hydrogens (tertiary/aromatic N) is 3. The highest BCUT2D eigenvalue weighted by atomic mass is 35.5. The number of hydrogen-bond donors (Lipinski definition) is 1. The first-order valence-electron chi connectivity index (χ1n) is 7.05. The summed E-state index contributed by atoms with van der Waals surface area (Å²) < 4.78 is 6.11. The van der Waals surface area contributed by atoms with Gasteiger partial charge in [-0.1, -0.05) is 34.7 Å². The van der Waals surface area contributed by atoms with Crippen molar-refractivity contribution in [1.29, 1.82) is 0 Å². The predicted octanol–water partition coefficient (Wildman–Crippen LogP) is 2.76. The van der Waals surface area contributed by atoms with Crippen molar-refractivity contribution >= 4 is 51.4 Å². The summed E-state index contributed by atoms with van der Waals surface area (Å²) >= 11 is 8.70. The summed E-state index contributed by atoms with van der Waals surface area (Å²) in [5.74, 6) is 0.209. The van der Waals surface area contributed by atoms with Crippen LogP contribution in [0.2, 0.25) is 5.02 Å². The highest BCUT2D eigenvalue weighted by Gasteiger charge is 2.16. The lowest BCUT2D eigenvalue weighted by molar-refractivity contribution is -0.113. The zero-order valence-corrected chi connectivity index (χ0v) is 14.6. The molecule has 2 heterocycles. The molecule has 1 aliphatic heterocycles. The van der Waals surface area contributed by atoms with E-state index in [1.807, 2.05) is 0 Å². The molecule has 0 radical (unpaired) electrons. The summed E-state index contributed by atoms with van der Waals surface area (Å²) in [5.41, 5.74) is 0.728. The Hall–Kier alpha value is -1.35. The van der Waals surface area contributed by atoms with Crippen molar-refractivity contribution < 1.29 is 9.53 Å². The van der Waals surface area contributed by atoms with Crippen molar-refractivity contribution in [3.8, 4) is 0 Å². The summed E-state index contributed by atoms with van der Waals surface area (Å²) in [6.45, 7) is 3.09. The molecule has 9 heteroatoms. The molecule has 0 unspecified atom stereocenters. The molecule has 1 aromatic heterocycles. The number of aromatic nitrogens is 2. The van der Waals surface area contributed by atoms with Crippen molar-refractivity contribution in [2.45, 2.75) is 4.34 Å². The van der Waals surface area contributed by atoms with Gasteiger partial charge >= 0.3 is 0 Å². The minimum Gasteiger partial charge on any atom is -0.378 e. The van der Waals surface area contributed by atoms with Crippen LogP contribution in [0.25, 0.3) is 0 Å². The molecule has 23 heavy (non-hydrogen) atoms. The van der Waals surface area contributed by atoms with Gasteiger partial charge in [0.2, 0.25) is 11.0 Å². The van der Waals surface area contributed by atoms with Crippen molar-refractivity contribution in [3.63, 3.8) is 0 Å². The van der Waals surface area contributed by atoms with E-state index < -0.39 is 0 Å².